The van der Waals surface area contributed by atoms with Gasteiger partial charge in [0.1, 0.15) is 5.75 Å². The largest absolute Gasteiger partial charge is 0.496 e. The second-order valence-corrected chi connectivity index (χ2v) is 5.86. The minimum atomic E-state index is 0.318. The molecule has 1 N–H and O–H groups in total. The molecule has 0 amide bonds. The fourth-order valence-electron chi connectivity index (χ4n) is 2.48. The van der Waals surface area contributed by atoms with E-state index in [1.54, 1.807) is 18.4 Å². The number of aromatic nitrogens is 1. The maximum absolute atomic E-state index is 5.49. The quantitative estimate of drug-likeness (QED) is 0.881. The highest BCUT2D eigenvalue weighted by atomic mass is 32.1. The van der Waals surface area contributed by atoms with Gasteiger partial charge in [-0.3, -0.25) is 4.98 Å². The molecule has 2 heterocycles. The van der Waals surface area contributed by atoms with Gasteiger partial charge in [-0.25, -0.2) is 0 Å². The zero-order chi connectivity index (χ0) is 14.5. The summed E-state index contributed by atoms with van der Waals surface area (Å²) in [6, 6.07) is 4.60. The second-order valence-electron chi connectivity index (χ2n) is 4.88. The van der Waals surface area contributed by atoms with Crippen LogP contribution in [-0.4, -0.2) is 18.6 Å². The molecule has 0 bridgehead atoms. The van der Waals surface area contributed by atoms with Crippen LogP contribution < -0.4 is 10.1 Å². The molecular weight excluding hydrogens is 268 g/mol. The van der Waals surface area contributed by atoms with Gasteiger partial charge in [0.15, 0.2) is 0 Å². The van der Waals surface area contributed by atoms with E-state index in [4.69, 9.17) is 4.74 Å². The number of hydrogen-bond donors (Lipinski definition) is 1. The lowest BCUT2D eigenvalue weighted by molar-refractivity contribution is 0.406. The zero-order valence-electron chi connectivity index (χ0n) is 12.6. The number of hydrogen-bond acceptors (Lipinski definition) is 4. The number of likely N-dealkylation sites (N-methyl/N-ethyl adjacent to an activating group) is 1. The van der Waals surface area contributed by atoms with Crippen molar-refractivity contribution in [3.8, 4) is 5.75 Å². The van der Waals surface area contributed by atoms with Crippen molar-refractivity contribution in [1.82, 2.24) is 10.3 Å². The van der Waals surface area contributed by atoms with Gasteiger partial charge in [0, 0.05) is 40.4 Å². The van der Waals surface area contributed by atoms with Crippen LogP contribution in [0.5, 0.6) is 5.75 Å². The highest BCUT2D eigenvalue weighted by Crippen LogP contribution is 2.28. The van der Waals surface area contributed by atoms with E-state index in [2.05, 4.69) is 41.7 Å². The van der Waals surface area contributed by atoms with Crippen molar-refractivity contribution in [3.63, 3.8) is 0 Å². The fraction of sp³-hybridized carbons (Fsp3) is 0.438. The number of pyridine rings is 1. The van der Waals surface area contributed by atoms with Crippen molar-refractivity contribution in [1.29, 1.82) is 0 Å². The molecule has 4 heteroatoms. The average molecular weight is 290 g/mol. The van der Waals surface area contributed by atoms with Crippen LogP contribution in [0.2, 0.25) is 0 Å². The van der Waals surface area contributed by atoms with Gasteiger partial charge in [-0.05, 0) is 31.8 Å². The molecule has 0 spiro atoms. The van der Waals surface area contributed by atoms with Crippen molar-refractivity contribution in [2.24, 2.45) is 0 Å². The molecule has 0 fully saturated rings. The highest BCUT2D eigenvalue weighted by Gasteiger charge is 2.16. The van der Waals surface area contributed by atoms with Gasteiger partial charge in [-0.15, -0.1) is 11.3 Å². The summed E-state index contributed by atoms with van der Waals surface area (Å²) in [6.07, 6.45) is 2.79. The number of thiophene rings is 1. The Morgan fingerprint density at radius 3 is 2.80 bits per heavy atom. The van der Waals surface area contributed by atoms with E-state index < -0.39 is 0 Å². The lowest BCUT2D eigenvalue weighted by atomic mass is 10.0. The van der Waals surface area contributed by atoms with E-state index >= 15 is 0 Å². The van der Waals surface area contributed by atoms with Gasteiger partial charge in [-0.1, -0.05) is 13.0 Å². The predicted octanol–water partition coefficient (Wildman–Crippen LogP) is 3.66. The van der Waals surface area contributed by atoms with E-state index in [0.29, 0.717) is 6.04 Å². The summed E-state index contributed by atoms with van der Waals surface area (Å²) >= 11 is 1.79. The van der Waals surface area contributed by atoms with Crippen molar-refractivity contribution in [2.45, 2.75) is 33.2 Å². The average Bonchev–Trinajstić information content (AvgIpc) is 2.95. The molecule has 108 valence electrons. The molecule has 1 atom stereocenters. The normalized spacial score (nSPS) is 12.4. The van der Waals surface area contributed by atoms with Gasteiger partial charge in [-0.2, -0.15) is 0 Å². The Balaban J connectivity index is 2.27. The maximum Gasteiger partial charge on any atom is 0.128 e. The van der Waals surface area contributed by atoms with Crippen LogP contribution in [-0.2, 0) is 6.42 Å². The maximum atomic E-state index is 5.49. The summed E-state index contributed by atoms with van der Waals surface area (Å²) in [5.74, 6) is 0.955. The molecule has 2 rings (SSSR count). The Labute approximate surface area is 125 Å². The molecule has 2 aromatic heterocycles. The third kappa shape index (κ3) is 3.19. The van der Waals surface area contributed by atoms with Crippen LogP contribution in [0.25, 0.3) is 0 Å². The van der Waals surface area contributed by atoms with Crippen LogP contribution in [0, 0.1) is 13.8 Å². The first kappa shape index (κ1) is 15.0. The third-order valence-electron chi connectivity index (χ3n) is 3.48. The standard InChI is InChI=1S/C16H22N2OS/c1-5-17-14(15-7-6-8-20-15)9-13-12(3)16(19-4)11(2)10-18-13/h6-8,10,14,17H,5,9H2,1-4H3. The lowest BCUT2D eigenvalue weighted by Crippen LogP contribution is -2.23. The molecule has 3 nitrogen and oxygen atoms in total. The Morgan fingerprint density at radius 1 is 1.40 bits per heavy atom. The third-order valence-corrected chi connectivity index (χ3v) is 4.47. The van der Waals surface area contributed by atoms with Crippen molar-refractivity contribution in [3.05, 3.63) is 45.4 Å². The summed E-state index contributed by atoms with van der Waals surface area (Å²) in [5, 5.41) is 5.66. The number of rotatable bonds is 6. The molecule has 0 saturated heterocycles. The molecule has 0 radical (unpaired) electrons. The van der Waals surface area contributed by atoms with Gasteiger partial charge in [0.25, 0.3) is 0 Å². The van der Waals surface area contributed by atoms with Crippen molar-refractivity contribution in [2.75, 3.05) is 13.7 Å². The molecule has 0 saturated carbocycles. The summed E-state index contributed by atoms with van der Waals surface area (Å²) in [7, 11) is 1.72. The van der Waals surface area contributed by atoms with Gasteiger partial charge >= 0.3 is 0 Å². The van der Waals surface area contributed by atoms with E-state index in [1.807, 2.05) is 13.1 Å². The number of aryl methyl sites for hydroxylation is 1. The molecule has 0 aliphatic rings. The van der Waals surface area contributed by atoms with Gasteiger partial charge in [0.2, 0.25) is 0 Å². The topological polar surface area (TPSA) is 34.2 Å². The summed E-state index contributed by atoms with van der Waals surface area (Å²) in [6.45, 7) is 7.20. The Kier molecular flexibility index (Phi) is 5.15. The lowest BCUT2D eigenvalue weighted by Gasteiger charge is -2.18. The van der Waals surface area contributed by atoms with Crippen molar-refractivity contribution >= 4 is 11.3 Å². The van der Waals surface area contributed by atoms with E-state index in [0.717, 1.165) is 35.5 Å². The fourth-order valence-corrected chi connectivity index (χ4v) is 3.28. The number of nitrogens with zero attached hydrogens (tertiary/aromatic N) is 1. The van der Waals surface area contributed by atoms with Crippen LogP contribution in [0.15, 0.2) is 23.7 Å². The molecule has 0 aromatic carbocycles. The number of methoxy groups -OCH3 is 1. The van der Waals surface area contributed by atoms with Crippen LogP contribution in [0.3, 0.4) is 0 Å². The zero-order valence-corrected chi connectivity index (χ0v) is 13.4. The van der Waals surface area contributed by atoms with Crippen molar-refractivity contribution < 1.29 is 4.74 Å². The van der Waals surface area contributed by atoms with Gasteiger partial charge < -0.3 is 10.1 Å². The Bertz CT molecular complexity index is 552. The summed E-state index contributed by atoms with van der Waals surface area (Å²) in [4.78, 5) is 5.96. The van der Waals surface area contributed by atoms with Crippen LogP contribution >= 0.6 is 11.3 Å². The molecule has 0 aliphatic heterocycles. The molecule has 1 unspecified atom stereocenters. The monoisotopic (exact) mass is 290 g/mol. The minimum Gasteiger partial charge on any atom is -0.496 e. The summed E-state index contributed by atoms with van der Waals surface area (Å²) < 4.78 is 5.49. The molecule has 20 heavy (non-hydrogen) atoms. The SMILES string of the molecule is CCNC(Cc1ncc(C)c(OC)c1C)c1cccs1. The first-order valence-electron chi connectivity index (χ1n) is 6.93. The van der Waals surface area contributed by atoms with E-state index in [9.17, 15) is 0 Å². The van der Waals surface area contributed by atoms with Crippen LogP contribution in [0.1, 0.15) is 34.7 Å². The minimum absolute atomic E-state index is 0.318. The van der Waals surface area contributed by atoms with E-state index in [1.165, 1.54) is 4.88 Å². The Morgan fingerprint density at radius 2 is 2.20 bits per heavy atom. The second kappa shape index (κ2) is 6.86. The number of nitrogens with one attached hydrogen (secondary N) is 1. The smallest absolute Gasteiger partial charge is 0.128 e. The predicted molar refractivity (Wildman–Crippen MR) is 84.7 cm³/mol. The van der Waals surface area contributed by atoms with E-state index in [-0.39, 0.29) is 0 Å². The molecule has 0 aliphatic carbocycles. The van der Waals surface area contributed by atoms with Gasteiger partial charge in [0.05, 0.1) is 7.11 Å². The first-order chi connectivity index (χ1) is 9.67. The van der Waals surface area contributed by atoms with Crippen LogP contribution in [0.4, 0.5) is 0 Å². The number of ether oxygens (including phenoxy) is 1. The molecular formula is C16H22N2OS. The summed E-state index contributed by atoms with van der Waals surface area (Å²) in [5.41, 5.74) is 3.34. The molecule has 2 aromatic rings. The first-order valence-corrected chi connectivity index (χ1v) is 7.81. The highest BCUT2D eigenvalue weighted by molar-refractivity contribution is 7.10. The Hall–Kier alpha value is -1.39.